The molecule has 0 unspecified atom stereocenters. The Morgan fingerprint density at radius 3 is 2.57 bits per heavy atom. The Bertz CT molecular complexity index is 513. The minimum atomic E-state index is -4.53. The molecule has 1 aromatic heterocycles. The molecule has 2 heterocycles. The molecule has 0 aromatic carbocycles. The molecule has 0 bridgehead atoms. The number of hydrogen-bond donors (Lipinski definition) is 0. The molecule has 23 heavy (non-hydrogen) atoms. The van der Waals surface area contributed by atoms with Gasteiger partial charge in [-0.25, -0.2) is 4.98 Å². The van der Waals surface area contributed by atoms with Crippen LogP contribution in [0, 0.1) is 0 Å². The molecule has 1 aliphatic rings. The Hall–Kier alpha value is -1.61. The fraction of sp³-hybridized carbons (Fsp3) is 0.714. The Kier molecular flexibility index (Phi) is 6.00. The quantitative estimate of drug-likeness (QED) is 0.816. The summed E-state index contributed by atoms with van der Waals surface area (Å²) in [7, 11) is 2.94. The van der Waals surface area contributed by atoms with Crippen molar-refractivity contribution in [3.8, 4) is 5.88 Å². The number of anilines is 1. The molecular formula is C14H21F3N4O2. The lowest BCUT2D eigenvalue weighted by Crippen LogP contribution is -2.33. The van der Waals surface area contributed by atoms with Crippen LogP contribution in [0.5, 0.6) is 5.88 Å². The van der Waals surface area contributed by atoms with Gasteiger partial charge in [0.2, 0.25) is 11.8 Å². The summed E-state index contributed by atoms with van der Waals surface area (Å²) in [5.74, 6) is -0.0203. The van der Waals surface area contributed by atoms with Crippen LogP contribution in [0.2, 0.25) is 0 Å². The number of hydrogen-bond acceptors (Lipinski definition) is 6. The van der Waals surface area contributed by atoms with Crippen LogP contribution in [0.1, 0.15) is 12.1 Å². The third kappa shape index (κ3) is 4.93. The van der Waals surface area contributed by atoms with Crippen molar-refractivity contribution >= 4 is 5.95 Å². The van der Waals surface area contributed by atoms with E-state index >= 15 is 0 Å². The Morgan fingerprint density at radius 2 is 1.91 bits per heavy atom. The van der Waals surface area contributed by atoms with Crippen LogP contribution < -0.4 is 9.64 Å². The van der Waals surface area contributed by atoms with Crippen molar-refractivity contribution in [3.63, 3.8) is 0 Å². The highest BCUT2D eigenvalue weighted by Crippen LogP contribution is 2.31. The van der Waals surface area contributed by atoms with E-state index in [4.69, 9.17) is 9.47 Å². The highest BCUT2D eigenvalue weighted by atomic mass is 19.4. The molecule has 130 valence electrons. The van der Waals surface area contributed by atoms with Crippen molar-refractivity contribution in [2.45, 2.75) is 12.6 Å². The van der Waals surface area contributed by atoms with E-state index in [1.54, 1.807) is 12.0 Å². The van der Waals surface area contributed by atoms with Crippen molar-refractivity contribution < 1.29 is 22.6 Å². The van der Waals surface area contributed by atoms with E-state index in [-0.39, 0.29) is 11.8 Å². The normalized spacial score (nSPS) is 17.2. The standard InChI is InChI=1S/C14H21F3N4O2/c1-22-9-8-20-4-3-5-21(7-6-20)13-18-11(14(15,16)17)10-12(19-13)23-2/h10H,3-9H2,1-2H3. The van der Waals surface area contributed by atoms with Crippen molar-refractivity contribution in [3.05, 3.63) is 11.8 Å². The van der Waals surface area contributed by atoms with Gasteiger partial charge in [-0.2, -0.15) is 18.2 Å². The van der Waals surface area contributed by atoms with Crippen molar-refractivity contribution in [1.29, 1.82) is 0 Å². The Balaban J connectivity index is 2.14. The maximum Gasteiger partial charge on any atom is 0.433 e. The van der Waals surface area contributed by atoms with Gasteiger partial charge in [0.25, 0.3) is 0 Å². The number of methoxy groups -OCH3 is 2. The zero-order chi connectivity index (χ0) is 16.9. The van der Waals surface area contributed by atoms with Crippen LogP contribution in [0.4, 0.5) is 19.1 Å². The minimum Gasteiger partial charge on any atom is -0.481 e. The molecule has 0 radical (unpaired) electrons. The maximum absolute atomic E-state index is 12.9. The number of rotatable bonds is 5. The van der Waals surface area contributed by atoms with Crippen molar-refractivity contribution in [2.24, 2.45) is 0 Å². The van der Waals surface area contributed by atoms with Crippen LogP contribution in [0.25, 0.3) is 0 Å². The smallest absolute Gasteiger partial charge is 0.433 e. The summed E-state index contributed by atoms with van der Waals surface area (Å²) in [4.78, 5) is 11.7. The molecule has 0 aliphatic carbocycles. The predicted molar refractivity (Wildman–Crippen MR) is 78.7 cm³/mol. The van der Waals surface area contributed by atoms with E-state index in [9.17, 15) is 13.2 Å². The third-order valence-corrected chi connectivity index (χ3v) is 3.67. The average molecular weight is 334 g/mol. The summed E-state index contributed by atoms with van der Waals surface area (Å²) in [5.41, 5.74) is -0.986. The lowest BCUT2D eigenvalue weighted by Gasteiger charge is -2.22. The average Bonchev–Trinajstić information content (AvgIpc) is 2.77. The summed E-state index contributed by atoms with van der Waals surface area (Å²) < 4.78 is 48.8. The van der Waals surface area contributed by atoms with Gasteiger partial charge in [0.15, 0.2) is 5.69 Å². The summed E-state index contributed by atoms with van der Waals surface area (Å²) in [6.45, 7) is 4.20. The highest BCUT2D eigenvalue weighted by molar-refractivity contribution is 5.35. The number of aromatic nitrogens is 2. The number of halogens is 3. The van der Waals surface area contributed by atoms with E-state index in [0.717, 1.165) is 32.1 Å². The Labute approximate surface area is 133 Å². The first-order valence-corrected chi connectivity index (χ1v) is 7.40. The van der Waals surface area contributed by atoms with Crippen LogP contribution >= 0.6 is 0 Å². The van der Waals surface area contributed by atoms with Crippen LogP contribution in [-0.4, -0.2) is 68.4 Å². The molecular weight excluding hydrogens is 313 g/mol. The van der Waals surface area contributed by atoms with Crippen molar-refractivity contribution in [1.82, 2.24) is 14.9 Å². The van der Waals surface area contributed by atoms with Crippen LogP contribution in [0.15, 0.2) is 6.07 Å². The molecule has 0 N–H and O–H groups in total. The molecule has 0 spiro atoms. The first kappa shape index (κ1) is 17.7. The molecule has 0 amide bonds. The second-order valence-electron chi connectivity index (χ2n) is 5.27. The fourth-order valence-electron chi connectivity index (χ4n) is 2.42. The van der Waals surface area contributed by atoms with E-state index in [1.807, 2.05) is 0 Å². The first-order valence-electron chi connectivity index (χ1n) is 7.40. The molecule has 1 aliphatic heterocycles. The topological polar surface area (TPSA) is 50.7 Å². The molecule has 0 atom stereocenters. The van der Waals surface area contributed by atoms with Gasteiger partial charge in [0.1, 0.15) is 0 Å². The van der Waals surface area contributed by atoms with E-state index < -0.39 is 11.9 Å². The SMILES string of the molecule is COCCN1CCCN(c2nc(OC)cc(C(F)(F)F)n2)CC1. The monoisotopic (exact) mass is 334 g/mol. The maximum atomic E-state index is 12.9. The summed E-state index contributed by atoms with van der Waals surface area (Å²) >= 11 is 0. The molecule has 1 saturated heterocycles. The summed E-state index contributed by atoms with van der Waals surface area (Å²) in [5, 5.41) is 0. The highest BCUT2D eigenvalue weighted by Gasteiger charge is 2.34. The number of alkyl halides is 3. The van der Waals surface area contributed by atoms with Crippen LogP contribution in [0.3, 0.4) is 0 Å². The second-order valence-corrected chi connectivity index (χ2v) is 5.27. The largest absolute Gasteiger partial charge is 0.481 e. The lowest BCUT2D eigenvalue weighted by molar-refractivity contribution is -0.141. The van der Waals surface area contributed by atoms with Gasteiger partial charge in [-0.05, 0) is 13.0 Å². The van der Waals surface area contributed by atoms with Gasteiger partial charge in [-0.3, -0.25) is 4.90 Å². The van der Waals surface area contributed by atoms with Gasteiger partial charge in [-0.15, -0.1) is 0 Å². The second kappa shape index (κ2) is 7.78. The van der Waals surface area contributed by atoms with Gasteiger partial charge in [0, 0.05) is 39.4 Å². The van der Waals surface area contributed by atoms with Gasteiger partial charge < -0.3 is 14.4 Å². The molecule has 2 rings (SSSR count). The fourth-order valence-corrected chi connectivity index (χ4v) is 2.42. The van der Waals surface area contributed by atoms with Gasteiger partial charge in [-0.1, -0.05) is 0 Å². The Morgan fingerprint density at radius 1 is 1.13 bits per heavy atom. The molecule has 6 nitrogen and oxygen atoms in total. The summed E-state index contributed by atoms with van der Waals surface area (Å²) in [6.07, 6.45) is -3.70. The van der Waals surface area contributed by atoms with E-state index in [2.05, 4.69) is 14.9 Å². The van der Waals surface area contributed by atoms with Gasteiger partial charge in [0.05, 0.1) is 13.7 Å². The lowest BCUT2D eigenvalue weighted by atomic mass is 10.3. The third-order valence-electron chi connectivity index (χ3n) is 3.67. The van der Waals surface area contributed by atoms with Crippen LogP contribution in [-0.2, 0) is 10.9 Å². The van der Waals surface area contributed by atoms with Gasteiger partial charge >= 0.3 is 6.18 Å². The number of ether oxygens (including phenoxy) is 2. The minimum absolute atomic E-state index is 0.0604. The molecule has 9 heteroatoms. The first-order chi connectivity index (χ1) is 10.9. The van der Waals surface area contributed by atoms with Crippen molar-refractivity contribution in [2.75, 3.05) is 58.5 Å². The summed E-state index contributed by atoms with van der Waals surface area (Å²) in [6, 6.07) is 0.812. The van der Waals surface area contributed by atoms with E-state index in [0.29, 0.717) is 19.7 Å². The van der Waals surface area contributed by atoms with E-state index in [1.165, 1.54) is 7.11 Å². The molecule has 1 aromatic rings. The zero-order valence-electron chi connectivity index (χ0n) is 13.3. The zero-order valence-corrected chi connectivity index (χ0v) is 13.3. The number of nitrogens with zero attached hydrogens (tertiary/aromatic N) is 4. The molecule has 1 fully saturated rings. The predicted octanol–water partition coefficient (Wildman–Crippen LogP) is 1.66. The molecule has 0 saturated carbocycles.